The number of hydrogen-bond acceptors (Lipinski definition) is 4. The topological polar surface area (TPSA) is 44.8 Å². The molecule has 1 saturated heterocycles. The van der Waals surface area contributed by atoms with Gasteiger partial charge in [-0.3, -0.25) is 0 Å². The van der Waals surface area contributed by atoms with Gasteiger partial charge in [-0.2, -0.15) is 39.5 Å². The van der Waals surface area contributed by atoms with Gasteiger partial charge in [-0.05, 0) is 51.3 Å². The van der Waals surface area contributed by atoms with Gasteiger partial charge >= 0.3 is 24.6 Å². The average Bonchev–Trinajstić information content (AvgIpc) is 2.75. The number of alkyl halides is 9. The summed E-state index contributed by atoms with van der Waals surface area (Å²) in [6.07, 6.45) is -21.7. The molecule has 0 saturated carbocycles. The van der Waals surface area contributed by atoms with Crippen LogP contribution >= 0.6 is 0 Å². The molecule has 5 nitrogen and oxygen atoms in total. The van der Waals surface area contributed by atoms with Crippen LogP contribution < -0.4 is 10.2 Å². The van der Waals surface area contributed by atoms with Crippen molar-refractivity contribution in [3.8, 4) is 0 Å². The van der Waals surface area contributed by atoms with E-state index in [0.717, 1.165) is 11.0 Å². The molecule has 2 rings (SSSR count). The van der Waals surface area contributed by atoms with Gasteiger partial charge in [0.2, 0.25) is 0 Å². The van der Waals surface area contributed by atoms with E-state index < -0.39 is 41.8 Å². The highest BCUT2D eigenvalue weighted by Crippen LogP contribution is 2.38. The van der Waals surface area contributed by atoms with Crippen LogP contribution in [0.15, 0.2) is 18.2 Å². The fourth-order valence-corrected chi connectivity index (χ4v) is 3.92. The number of amides is 1. The molecular weight excluding hydrogens is 509 g/mol. The first-order valence-electron chi connectivity index (χ1n) is 11.2. The van der Waals surface area contributed by atoms with Gasteiger partial charge in [0.15, 0.2) is 0 Å². The standard InChI is InChI=1S/C22H28F9N3O2/c1-4-33(5-2)16-12-14(6-7-15(16)20(23,24)25)13-32-19(3)8-10-34(11-9-19)18(35)36-17(21(26,27)28)22(29,30)31/h6-7,12,17,32H,4-5,8-11,13H2,1-3H3. The molecule has 1 aliphatic heterocycles. The highest BCUT2D eigenvalue weighted by atomic mass is 19.4. The Bertz CT molecular complexity index is 874. The van der Waals surface area contributed by atoms with Crippen molar-refractivity contribution < 1.29 is 49.0 Å². The Morgan fingerprint density at radius 2 is 1.56 bits per heavy atom. The van der Waals surface area contributed by atoms with Crippen molar-refractivity contribution >= 4 is 11.8 Å². The SMILES string of the molecule is CCN(CC)c1cc(CNC2(C)CCN(C(=O)OC(C(F)(F)F)C(F)(F)F)CC2)ccc1C(F)(F)F. The number of rotatable bonds is 7. The highest BCUT2D eigenvalue weighted by Gasteiger charge is 2.60. The molecule has 0 aromatic heterocycles. The van der Waals surface area contributed by atoms with E-state index in [0.29, 0.717) is 18.7 Å². The summed E-state index contributed by atoms with van der Waals surface area (Å²) in [5, 5.41) is 3.18. The molecule has 1 N–H and O–H groups in total. The maximum atomic E-state index is 13.5. The molecule has 36 heavy (non-hydrogen) atoms. The predicted molar refractivity (Wildman–Crippen MR) is 113 cm³/mol. The largest absolute Gasteiger partial charge is 0.434 e. The van der Waals surface area contributed by atoms with Crippen molar-refractivity contribution in [1.29, 1.82) is 0 Å². The Morgan fingerprint density at radius 3 is 2.00 bits per heavy atom. The fourth-order valence-electron chi connectivity index (χ4n) is 3.92. The second kappa shape index (κ2) is 10.9. The van der Waals surface area contributed by atoms with Crippen LogP contribution in [0.2, 0.25) is 0 Å². The summed E-state index contributed by atoms with van der Waals surface area (Å²) in [4.78, 5) is 14.3. The molecule has 1 aromatic rings. The molecule has 1 amide bonds. The summed E-state index contributed by atoms with van der Waals surface area (Å²) in [5.41, 5.74) is -0.823. The van der Waals surface area contributed by atoms with Crippen LogP contribution in [0.25, 0.3) is 0 Å². The summed E-state index contributed by atoms with van der Waals surface area (Å²) in [6.45, 7) is 5.79. The van der Waals surface area contributed by atoms with Gasteiger partial charge in [0, 0.05) is 44.0 Å². The van der Waals surface area contributed by atoms with Crippen molar-refractivity contribution in [1.82, 2.24) is 10.2 Å². The van der Waals surface area contributed by atoms with Crippen LogP contribution in [-0.4, -0.2) is 61.2 Å². The van der Waals surface area contributed by atoms with Crippen LogP contribution in [0.5, 0.6) is 0 Å². The maximum Gasteiger partial charge on any atom is 0.434 e. The zero-order valence-corrected chi connectivity index (χ0v) is 19.9. The van der Waals surface area contributed by atoms with E-state index in [1.54, 1.807) is 25.7 Å². The Kier molecular flexibility index (Phi) is 9.06. The van der Waals surface area contributed by atoms with E-state index in [1.165, 1.54) is 12.1 Å². The van der Waals surface area contributed by atoms with E-state index >= 15 is 0 Å². The molecule has 1 aliphatic rings. The lowest BCUT2D eigenvalue weighted by molar-refractivity contribution is -0.308. The summed E-state index contributed by atoms with van der Waals surface area (Å²) in [5.74, 6) is 0. The lowest BCUT2D eigenvalue weighted by atomic mass is 9.89. The molecular formula is C22H28F9N3O2. The number of hydrogen-bond donors (Lipinski definition) is 1. The minimum atomic E-state index is -5.80. The van der Waals surface area contributed by atoms with Gasteiger partial charge in [0.25, 0.3) is 6.10 Å². The number of likely N-dealkylation sites (tertiary alicyclic amines) is 1. The fraction of sp³-hybridized carbons (Fsp3) is 0.682. The number of anilines is 1. The molecule has 0 aliphatic carbocycles. The van der Waals surface area contributed by atoms with Crippen molar-refractivity contribution in [2.24, 2.45) is 0 Å². The van der Waals surface area contributed by atoms with E-state index in [-0.39, 0.29) is 38.2 Å². The average molecular weight is 537 g/mol. The number of carbonyl (C=O) groups excluding carboxylic acids is 1. The normalized spacial score (nSPS) is 16.9. The van der Waals surface area contributed by atoms with Gasteiger partial charge in [-0.15, -0.1) is 0 Å². The third-order valence-electron chi connectivity index (χ3n) is 6.13. The molecule has 0 atom stereocenters. The molecule has 206 valence electrons. The number of ether oxygens (including phenoxy) is 1. The lowest BCUT2D eigenvalue weighted by Gasteiger charge is -2.40. The quantitative estimate of drug-likeness (QED) is 0.426. The van der Waals surface area contributed by atoms with Crippen molar-refractivity contribution in [3.05, 3.63) is 29.3 Å². The van der Waals surface area contributed by atoms with E-state index in [4.69, 9.17) is 0 Å². The summed E-state index contributed by atoms with van der Waals surface area (Å²) in [7, 11) is 0. The first-order chi connectivity index (χ1) is 16.4. The zero-order valence-electron chi connectivity index (χ0n) is 19.9. The second-order valence-electron chi connectivity index (χ2n) is 8.77. The Labute approximate surface area is 202 Å². The summed E-state index contributed by atoms with van der Waals surface area (Å²) >= 11 is 0. The minimum Gasteiger partial charge on any atom is -0.426 e. The van der Waals surface area contributed by atoms with E-state index in [2.05, 4.69) is 10.1 Å². The smallest absolute Gasteiger partial charge is 0.426 e. The first-order valence-corrected chi connectivity index (χ1v) is 11.2. The van der Waals surface area contributed by atoms with Gasteiger partial charge in [-0.1, -0.05) is 6.07 Å². The number of nitrogens with zero attached hydrogens (tertiary/aromatic N) is 2. The number of benzene rings is 1. The number of piperidine rings is 1. The van der Waals surface area contributed by atoms with Crippen molar-refractivity contribution in [2.75, 3.05) is 31.1 Å². The highest BCUT2D eigenvalue weighted by molar-refractivity contribution is 5.68. The van der Waals surface area contributed by atoms with Crippen LogP contribution in [0.4, 0.5) is 50.0 Å². The van der Waals surface area contributed by atoms with Gasteiger partial charge < -0.3 is 19.9 Å². The molecule has 0 bridgehead atoms. The second-order valence-corrected chi connectivity index (χ2v) is 8.77. The van der Waals surface area contributed by atoms with Crippen LogP contribution in [0.3, 0.4) is 0 Å². The Hall–Kier alpha value is -2.38. The third-order valence-corrected chi connectivity index (χ3v) is 6.13. The van der Waals surface area contributed by atoms with Crippen LogP contribution in [-0.2, 0) is 17.5 Å². The number of halogens is 9. The predicted octanol–water partition coefficient (Wildman–Crippen LogP) is 6.13. The summed E-state index contributed by atoms with van der Waals surface area (Å²) < 4.78 is 120. The molecule has 1 aromatic carbocycles. The third kappa shape index (κ3) is 7.56. The van der Waals surface area contributed by atoms with Crippen molar-refractivity contribution in [3.63, 3.8) is 0 Å². The van der Waals surface area contributed by atoms with E-state index in [1.807, 2.05) is 0 Å². The molecule has 1 fully saturated rings. The Morgan fingerprint density at radius 1 is 1.03 bits per heavy atom. The van der Waals surface area contributed by atoms with E-state index in [9.17, 15) is 44.3 Å². The lowest BCUT2D eigenvalue weighted by Crippen LogP contribution is -2.54. The molecule has 14 heteroatoms. The zero-order chi connectivity index (χ0) is 27.5. The van der Waals surface area contributed by atoms with Gasteiger partial charge in [0.1, 0.15) is 0 Å². The monoisotopic (exact) mass is 537 g/mol. The van der Waals surface area contributed by atoms with Crippen LogP contribution in [0.1, 0.15) is 44.7 Å². The van der Waals surface area contributed by atoms with Gasteiger partial charge in [-0.25, -0.2) is 4.79 Å². The maximum absolute atomic E-state index is 13.5. The van der Waals surface area contributed by atoms with Gasteiger partial charge in [0.05, 0.1) is 5.56 Å². The molecule has 1 heterocycles. The first kappa shape index (κ1) is 29.8. The van der Waals surface area contributed by atoms with Crippen LogP contribution in [0, 0.1) is 0 Å². The van der Waals surface area contributed by atoms with Crippen molar-refractivity contribution in [2.45, 2.75) is 70.3 Å². The number of carbonyl (C=O) groups is 1. The Balaban J connectivity index is 2.04. The molecule has 0 spiro atoms. The number of nitrogens with one attached hydrogen (secondary N) is 1. The molecule has 0 radical (unpaired) electrons. The minimum absolute atomic E-state index is 0.0402. The summed E-state index contributed by atoms with van der Waals surface area (Å²) in [6, 6.07) is 3.78. The molecule has 0 unspecified atom stereocenters.